The minimum Gasteiger partial charge on any atom is -0.370 e. The highest BCUT2D eigenvalue weighted by Gasteiger charge is 2.02. The number of nitrogens with two attached hydrogens (primary N) is 1. The molecule has 0 radical (unpaired) electrons. The summed E-state index contributed by atoms with van der Waals surface area (Å²) in [7, 11) is 0. The van der Waals surface area contributed by atoms with Crippen LogP contribution in [-0.4, -0.2) is 25.7 Å². The molecule has 1 aromatic rings. The summed E-state index contributed by atoms with van der Waals surface area (Å²) in [6.45, 7) is 1.09. The van der Waals surface area contributed by atoms with Crippen molar-refractivity contribution in [2.24, 2.45) is 5.73 Å². The predicted molar refractivity (Wildman–Crippen MR) is 63.1 cm³/mol. The number of amides is 1. The van der Waals surface area contributed by atoms with E-state index in [1.54, 1.807) is 6.07 Å². The van der Waals surface area contributed by atoms with Crippen LogP contribution in [0.15, 0.2) is 18.2 Å². The Bertz CT molecular complexity index is 388. The van der Waals surface area contributed by atoms with Crippen LogP contribution in [0.2, 0.25) is 5.02 Å². The summed E-state index contributed by atoms with van der Waals surface area (Å²) in [6.07, 6.45) is 0. The largest absolute Gasteiger partial charge is 0.370 e. The van der Waals surface area contributed by atoms with Gasteiger partial charge in [-0.05, 0) is 18.2 Å². The minimum absolute atomic E-state index is 0.104. The number of hydrogen-bond acceptors (Lipinski definition) is 3. The maximum atomic E-state index is 13.3. The van der Waals surface area contributed by atoms with Crippen molar-refractivity contribution in [1.82, 2.24) is 5.32 Å². The van der Waals surface area contributed by atoms with Gasteiger partial charge in [0.15, 0.2) is 0 Å². The minimum atomic E-state index is -0.508. The zero-order valence-electron chi connectivity index (χ0n) is 9.21. The lowest BCUT2D eigenvalue weighted by atomic mass is 10.2. The number of carbonyl (C=O) groups is 1. The highest BCUT2D eigenvalue weighted by atomic mass is 35.5. The molecule has 0 saturated carbocycles. The molecule has 0 aliphatic heterocycles. The number of benzene rings is 1. The average Bonchev–Trinajstić information content (AvgIpc) is 2.27. The zero-order valence-corrected chi connectivity index (χ0v) is 9.97. The monoisotopic (exact) mass is 260 g/mol. The van der Waals surface area contributed by atoms with Crippen LogP contribution < -0.4 is 11.1 Å². The smallest absolute Gasteiger partial charge is 0.243 e. The van der Waals surface area contributed by atoms with Gasteiger partial charge < -0.3 is 15.8 Å². The third-order valence-corrected chi connectivity index (χ3v) is 2.23. The number of halogens is 2. The van der Waals surface area contributed by atoms with Crippen LogP contribution in [0.1, 0.15) is 5.56 Å². The van der Waals surface area contributed by atoms with E-state index < -0.39 is 5.91 Å². The van der Waals surface area contributed by atoms with Crippen LogP contribution in [0, 0.1) is 5.82 Å². The maximum absolute atomic E-state index is 13.3. The van der Waals surface area contributed by atoms with Gasteiger partial charge in [-0.3, -0.25) is 4.79 Å². The molecule has 0 aliphatic carbocycles. The van der Waals surface area contributed by atoms with Gasteiger partial charge >= 0.3 is 0 Å². The van der Waals surface area contributed by atoms with Crippen molar-refractivity contribution in [1.29, 1.82) is 0 Å². The fraction of sp³-hybridized carbons (Fsp3) is 0.364. The van der Waals surface area contributed by atoms with Crippen molar-refractivity contribution in [2.45, 2.75) is 6.54 Å². The Morgan fingerprint density at radius 1 is 1.53 bits per heavy atom. The van der Waals surface area contributed by atoms with Gasteiger partial charge in [0.05, 0.1) is 6.61 Å². The van der Waals surface area contributed by atoms with Gasteiger partial charge in [0.1, 0.15) is 12.4 Å². The lowest BCUT2D eigenvalue weighted by molar-refractivity contribution is -0.122. The Balaban J connectivity index is 2.22. The van der Waals surface area contributed by atoms with E-state index in [0.29, 0.717) is 30.3 Å². The Morgan fingerprint density at radius 2 is 2.29 bits per heavy atom. The van der Waals surface area contributed by atoms with Crippen LogP contribution in [0.4, 0.5) is 4.39 Å². The molecule has 0 fully saturated rings. The topological polar surface area (TPSA) is 64.4 Å². The van der Waals surface area contributed by atoms with Gasteiger partial charge in [-0.15, -0.1) is 0 Å². The molecule has 17 heavy (non-hydrogen) atoms. The number of carbonyl (C=O) groups excluding carboxylic acids is 1. The molecule has 0 spiro atoms. The fourth-order valence-electron chi connectivity index (χ4n) is 1.22. The molecule has 0 aliphatic rings. The van der Waals surface area contributed by atoms with Crippen LogP contribution in [0.5, 0.6) is 0 Å². The van der Waals surface area contributed by atoms with Crippen molar-refractivity contribution in [2.75, 3.05) is 19.8 Å². The molecule has 1 rings (SSSR count). The molecule has 1 amide bonds. The quantitative estimate of drug-likeness (QED) is 0.721. The maximum Gasteiger partial charge on any atom is 0.243 e. The molecule has 0 bridgehead atoms. The SMILES string of the molecule is NC(=O)COCCNCc1cc(Cl)ccc1F. The summed E-state index contributed by atoms with van der Waals surface area (Å²) >= 11 is 5.74. The van der Waals surface area contributed by atoms with E-state index >= 15 is 0 Å². The molecule has 94 valence electrons. The van der Waals surface area contributed by atoms with E-state index in [9.17, 15) is 9.18 Å². The van der Waals surface area contributed by atoms with Gasteiger partial charge in [0.25, 0.3) is 0 Å². The Kier molecular flexibility index (Phi) is 5.90. The van der Waals surface area contributed by atoms with Crippen LogP contribution in [0.3, 0.4) is 0 Å². The number of hydrogen-bond donors (Lipinski definition) is 2. The molecule has 0 unspecified atom stereocenters. The summed E-state index contributed by atoms with van der Waals surface area (Å²) in [4.78, 5) is 10.3. The third-order valence-electron chi connectivity index (χ3n) is 1.99. The van der Waals surface area contributed by atoms with E-state index in [0.717, 1.165) is 0 Å². The summed E-state index contributed by atoms with van der Waals surface area (Å²) in [6, 6.07) is 4.38. The van der Waals surface area contributed by atoms with Gasteiger partial charge in [0.2, 0.25) is 5.91 Å². The molecular weight excluding hydrogens is 247 g/mol. The normalized spacial score (nSPS) is 10.5. The van der Waals surface area contributed by atoms with Crippen molar-refractivity contribution in [3.8, 4) is 0 Å². The van der Waals surface area contributed by atoms with E-state index in [1.807, 2.05) is 0 Å². The summed E-state index contributed by atoms with van der Waals surface area (Å²) in [5.41, 5.74) is 5.38. The van der Waals surface area contributed by atoms with Gasteiger partial charge in [0, 0.05) is 23.7 Å². The molecule has 1 aromatic carbocycles. The summed E-state index contributed by atoms with van der Waals surface area (Å²) in [5.74, 6) is -0.814. The number of primary amides is 1. The summed E-state index contributed by atoms with van der Waals surface area (Å²) < 4.78 is 18.2. The third kappa shape index (κ3) is 5.63. The van der Waals surface area contributed by atoms with Crippen molar-refractivity contribution < 1.29 is 13.9 Å². The highest BCUT2D eigenvalue weighted by Crippen LogP contribution is 2.14. The molecule has 6 heteroatoms. The Labute approximate surface area is 104 Å². The fourth-order valence-corrected chi connectivity index (χ4v) is 1.41. The average molecular weight is 261 g/mol. The van der Waals surface area contributed by atoms with Crippen molar-refractivity contribution >= 4 is 17.5 Å². The molecule has 0 saturated heterocycles. The summed E-state index contributed by atoms with van der Waals surface area (Å²) in [5, 5.41) is 3.46. The Morgan fingerprint density at radius 3 is 3.00 bits per heavy atom. The molecule has 0 heterocycles. The van der Waals surface area contributed by atoms with Crippen molar-refractivity contribution in [3.05, 3.63) is 34.6 Å². The zero-order chi connectivity index (χ0) is 12.7. The molecule has 3 N–H and O–H groups in total. The molecular formula is C11H14ClFN2O2. The highest BCUT2D eigenvalue weighted by molar-refractivity contribution is 6.30. The number of rotatable bonds is 7. The first-order valence-corrected chi connectivity index (χ1v) is 5.48. The Hall–Kier alpha value is -1.17. The molecule has 0 atom stereocenters. The van der Waals surface area contributed by atoms with Gasteiger partial charge in [-0.25, -0.2) is 4.39 Å². The van der Waals surface area contributed by atoms with Gasteiger partial charge in [-0.1, -0.05) is 11.6 Å². The first-order chi connectivity index (χ1) is 8.09. The second-order valence-electron chi connectivity index (χ2n) is 3.43. The van der Waals surface area contributed by atoms with E-state index in [1.165, 1.54) is 12.1 Å². The van der Waals surface area contributed by atoms with E-state index in [2.05, 4.69) is 5.32 Å². The van der Waals surface area contributed by atoms with Crippen LogP contribution in [-0.2, 0) is 16.1 Å². The molecule has 0 aromatic heterocycles. The first kappa shape index (κ1) is 13.9. The number of ether oxygens (including phenoxy) is 1. The van der Waals surface area contributed by atoms with Crippen LogP contribution in [0.25, 0.3) is 0 Å². The number of nitrogens with one attached hydrogen (secondary N) is 1. The second-order valence-corrected chi connectivity index (χ2v) is 3.87. The lowest BCUT2D eigenvalue weighted by Crippen LogP contribution is -2.24. The predicted octanol–water partition coefficient (Wildman–Crippen LogP) is 1.07. The standard InChI is InChI=1S/C11H14ClFN2O2/c12-9-1-2-10(13)8(5-9)6-15-3-4-17-7-11(14)16/h1-2,5,15H,3-4,6-7H2,(H2,14,16). The van der Waals surface area contributed by atoms with Crippen LogP contribution >= 0.6 is 11.6 Å². The van der Waals surface area contributed by atoms with E-state index in [-0.39, 0.29) is 12.4 Å². The van der Waals surface area contributed by atoms with Gasteiger partial charge in [-0.2, -0.15) is 0 Å². The second kappa shape index (κ2) is 7.21. The van der Waals surface area contributed by atoms with E-state index in [4.69, 9.17) is 22.1 Å². The van der Waals surface area contributed by atoms with Crippen molar-refractivity contribution in [3.63, 3.8) is 0 Å². The molecule has 4 nitrogen and oxygen atoms in total. The lowest BCUT2D eigenvalue weighted by Gasteiger charge is -2.06. The first-order valence-electron chi connectivity index (χ1n) is 5.10.